The first-order valence-electron chi connectivity index (χ1n) is 6.41. The van der Waals surface area contributed by atoms with Gasteiger partial charge in [0.25, 0.3) is 0 Å². The number of carbonyl (C=O) groups excluding carboxylic acids is 1. The number of likely N-dealkylation sites (N-methyl/N-ethyl adjacent to an activating group) is 1. The van der Waals surface area contributed by atoms with Crippen LogP contribution in [0.15, 0.2) is 16.6 Å². The lowest BCUT2D eigenvalue weighted by atomic mass is 10.2. The van der Waals surface area contributed by atoms with E-state index in [9.17, 15) is 9.18 Å². The van der Waals surface area contributed by atoms with Crippen molar-refractivity contribution >= 4 is 27.5 Å². The molecule has 0 aromatic heterocycles. The zero-order valence-corrected chi connectivity index (χ0v) is 12.8. The first kappa shape index (κ1) is 14.8. The summed E-state index contributed by atoms with van der Waals surface area (Å²) in [7, 11) is 1.67. The van der Waals surface area contributed by atoms with Gasteiger partial charge in [0.15, 0.2) is 5.82 Å². The van der Waals surface area contributed by atoms with E-state index in [1.807, 2.05) is 6.07 Å². The number of benzene rings is 1. The molecule has 4 nitrogen and oxygen atoms in total. The summed E-state index contributed by atoms with van der Waals surface area (Å²) in [4.78, 5) is 15.4. The van der Waals surface area contributed by atoms with Gasteiger partial charge >= 0.3 is 0 Å². The second-order valence-electron chi connectivity index (χ2n) is 4.82. The summed E-state index contributed by atoms with van der Waals surface area (Å²) in [6.07, 6.45) is 2.07. The highest BCUT2D eigenvalue weighted by Crippen LogP contribution is 2.28. The average molecular weight is 340 g/mol. The Balaban J connectivity index is 2.13. The number of hydrogen-bond donors (Lipinski definition) is 0. The number of rotatable bonds is 3. The van der Waals surface area contributed by atoms with Gasteiger partial charge in [0.05, 0.1) is 22.3 Å². The van der Waals surface area contributed by atoms with Gasteiger partial charge in [-0.05, 0) is 40.9 Å². The number of likely N-dealkylation sites (tertiary alicyclic amines) is 1. The van der Waals surface area contributed by atoms with Crippen molar-refractivity contribution in [3.63, 3.8) is 0 Å². The molecule has 1 fully saturated rings. The Morgan fingerprint density at radius 1 is 1.50 bits per heavy atom. The molecular formula is C14H15BrFN3O. The highest BCUT2D eigenvalue weighted by Gasteiger charge is 2.21. The van der Waals surface area contributed by atoms with Crippen LogP contribution in [0.4, 0.5) is 10.1 Å². The Labute approximate surface area is 125 Å². The van der Waals surface area contributed by atoms with Gasteiger partial charge in [-0.3, -0.25) is 4.79 Å². The molecule has 0 radical (unpaired) electrons. The standard InChI is InChI=1S/C14H15BrFN3O/c1-18(9-12(20)19-6-2-3-7-19)11-5-4-10(8-17)13(15)14(11)16/h4-5H,2-3,6-7,9H2,1H3. The molecule has 1 aromatic carbocycles. The molecule has 6 heteroatoms. The molecule has 2 rings (SSSR count). The summed E-state index contributed by atoms with van der Waals surface area (Å²) < 4.78 is 14.3. The molecule has 0 atom stereocenters. The Hall–Kier alpha value is -1.61. The van der Waals surface area contributed by atoms with Gasteiger partial charge in [0, 0.05) is 20.1 Å². The predicted octanol–water partition coefficient (Wildman–Crippen LogP) is 2.52. The van der Waals surface area contributed by atoms with Crippen molar-refractivity contribution in [2.75, 3.05) is 31.6 Å². The third-order valence-corrected chi connectivity index (χ3v) is 4.20. The van der Waals surface area contributed by atoms with Crippen molar-refractivity contribution in [1.29, 1.82) is 5.26 Å². The van der Waals surface area contributed by atoms with Crippen LogP contribution in [-0.2, 0) is 4.79 Å². The lowest BCUT2D eigenvalue weighted by Crippen LogP contribution is -2.37. The highest BCUT2D eigenvalue weighted by atomic mass is 79.9. The second-order valence-corrected chi connectivity index (χ2v) is 5.61. The fourth-order valence-electron chi connectivity index (χ4n) is 2.28. The fourth-order valence-corrected chi connectivity index (χ4v) is 2.70. The van der Waals surface area contributed by atoms with E-state index in [1.165, 1.54) is 6.07 Å². The van der Waals surface area contributed by atoms with Crippen LogP contribution in [-0.4, -0.2) is 37.5 Å². The Kier molecular flexibility index (Phi) is 4.61. The molecule has 1 saturated heterocycles. The molecule has 1 amide bonds. The summed E-state index contributed by atoms with van der Waals surface area (Å²) in [5, 5.41) is 8.84. The van der Waals surface area contributed by atoms with Crippen LogP contribution in [0.3, 0.4) is 0 Å². The number of nitriles is 1. The van der Waals surface area contributed by atoms with E-state index in [1.54, 1.807) is 22.9 Å². The Morgan fingerprint density at radius 3 is 2.75 bits per heavy atom. The van der Waals surface area contributed by atoms with E-state index in [2.05, 4.69) is 15.9 Å². The van der Waals surface area contributed by atoms with Crippen molar-refractivity contribution < 1.29 is 9.18 Å². The van der Waals surface area contributed by atoms with Crippen molar-refractivity contribution in [3.8, 4) is 6.07 Å². The minimum Gasteiger partial charge on any atom is -0.363 e. The maximum Gasteiger partial charge on any atom is 0.242 e. The minimum atomic E-state index is -0.513. The lowest BCUT2D eigenvalue weighted by Gasteiger charge is -2.23. The lowest BCUT2D eigenvalue weighted by molar-refractivity contribution is -0.128. The number of carbonyl (C=O) groups is 1. The van der Waals surface area contributed by atoms with Gasteiger partial charge in [-0.2, -0.15) is 5.26 Å². The van der Waals surface area contributed by atoms with Crippen molar-refractivity contribution in [1.82, 2.24) is 4.90 Å². The average Bonchev–Trinajstić information content (AvgIpc) is 2.95. The molecule has 1 aliphatic heterocycles. The van der Waals surface area contributed by atoms with E-state index < -0.39 is 5.82 Å². The zero-order valence-electron chi connectivity index (χ0n) is 11.2. The van der Waals surface area contributed by atoms with E-state index in [-0.39, 0.29) is 22.5 Å². The van der Waals surface area contributed by atoms with E-state index in [0.29, 0.717) is 5.69 Å². The minimum absolute atomic E-state index is 0.00452. The normalized spacial score (nSPS) is 14.2. The van der Waals surface area contributed by atoms with Crippen LogP contribution in [0.5, 0.6) is 0 Å². The quantitative estimate of drug-likeness (QED) is 0.850. The van der Waals surface area contributed by atoms with E-state index in [4.69, 9.17) is 5.26 Å². The number of hydrogen-bond acceptors (Lipinski definition) is 3. The molecule has 20 heavy (non-hydrogen) atoms. The molecule has 0 bridgehead atoms. The topological polar surface area (TPSA) is 47.3 Å². The highest BCUT2D eigenvalue weighted by molar-refractivity contribution is 9.10. The monoisotopic (exact) mass is 339 g/mol. The number of halogens is 2. The molecule has 0 N–H and O–H groups in total. The largest absolute Gasteiger partial charge is 0.363 e. The van der Waals surface area contributed by atoms with Gasteiger partial charge in [-0.15, -0.1) is 0 Å². The third kappa shape index (κ3) is 2.93. The third-order valence-electron chi connectivity index (χ3n) is 3.42. The number of anilines is 1. The number of amides is 1. The predicted molar refractivity (Wildman–Crippen MR) is 77.9 cm³/mol. The van der Waals surface area contributed by atoms with Gasteiger partial charge in [0.2, 0.25) is 5.91 Å². The summed E-state index contributed by atoms with van der Waals surface area (Å²) in [6, 6.07) is 4.97. The smallest absolute Gasteiger partial charge is 0.242 e. The molecule has 0 aliphatic carbocycles. The first-order valence-corrected chi connectivity index (χ1v) is 7.21. The van der Waals surface area contributed by atoms with Crippen LogP contribution in [0, 0.1) is 17.1 Å². The van der Waals surface area contributed by atoms with Crippen LogP contribution < -0.4 is 4.90 Å². The van der Waals surface area contributed by atoms with E-state index in [0.717, 1.165) is 25.9 Å². The Morgan fingerprint density at radius 2 is 2.15 bits per heavy atom. The van der Waals surface area contributed by atoms with Gasteiger partial charge in [-0.25, -0.2) is 4.39 Å². The SMILES string of the molecule is CN(CC(=O)N1CCCC1)c1ccc(C#N)c(Br)c1F. The summed E-state index contributed by atoms with van der Waals surface area (Å²) in [5.74, 6) is -0.509. The van der Waals surface area contributed by atoms with Crippen LogP contribution in [0.25, 0.3) is 0 Å². The fraction of sp³-hybridized carbons (Fsp3) is 0.429. The van der Waals surface area contributed by atoms with Gasteiger partial charge in [0.1, 0.15) is 6.07 Å². The molecule has 0 unspecified atom stereocenters. The maximum atomic E-state index is 14.2. The van der Waals surface area contributed by atoms with Crippen molar-refractivity contribution in [2.45, 2.75) is 12.8 Å². The van der Waals surface area contributed by atoms with Crippen LogP contribution >= 0.6 is 15.9 Å². The molecule has 1 aromatic rings. The molecule has 0 saturated carbocycles. The van der Waals surface area contributed by atoms with Gasteiger partial charge < -0.3 is 9.80 Å². The molecular weight excluding hydrogens is 325 g/mol. The zero-order chi connectivity index (χ0) is 14.7. The van der Waals surface area contributed by atoms with Crippen molar-refractivity contribution in [3.05, 3.63) is 28.0 Å². The number of nitrogens with zero attached hydrogens (tertiary/aromatic N) is 3. The molecule has 1 heterocycles. The summed E-state index contributed by atoms with van der Waals surface area (Å²) in [6.45, 7) is 1.70. The van der Waals surface area contributed by atoms with Crippen molar-refractivity contribution in [2.24, 2.45) is 0 Å². The summed E-state index contributed by atoms with van der Waals surface area (Å²) in [5.41, 5.74) is 0.550. The molecule has 1 aliphatic rings. The van der Waals surface area contributed by atoms with Crippen LogP contribution in [0.2, 0.25) is 0 Å². The summed E-state index contributed by atoms with van der Waals surface area (Å²) >= 11 is 3.07. The second kappa shape index (κ2) is 6.23. The maximum absolute atomic E-state index is 14.2. The molecule has 106 valence electrons. The first-order chi connectivity index (χ1) is 9.54. The van der Waals surface area contributed by atoms with Crippen LogP contribution in [0.1, 0.15) is 18.4 Å². The molecule has 0 spiro atoms. The van der Waals surface area contributed by atoms with Gasteiger partial charge in [-0.1, -0.05) is 0 Å². The Bertz CT molecular complexity index is 564. The van der Waals surface area contributed by atoms with E-state index >= 15 is 0 Å².